The van der Waals surface area contributed by atoms with Gasteiger partial charge in [-0.3, -0.25) is 0 Å². The van der Waals surface area contributed by atoms with E-state index in [4.69, 9.17) is 10.2 Å². The molecule has 0 saturated heterocycles. The first-order valence-corrected chi connectivity index (χ1v) is 6.63. The van der Waals surface area contributed by atoms with E-state index in [2.05, 4.69) is 4.98 Å². The highest BCUT2D eigenvalue weighted by Gasteiger charge is 2.21. The molecule has 0 aliphatic rings. The maximum absolute atomic E-state index is 12.2. The van der Waals surface area contributed by atoms with Crippen molar-refractivity contribution < 1.29 is 12.8 Å². The number of sulfonamides is 1. The predicted octanol–water partition coefficient (Wildman–Crippen LogP) is 1.08. The van der Waals surface area contributed by atoms with Gasteiger partial charge in [-0.05, 0) is 18.2 Å². The first-order valence-electron chi connectivity index (χ1n) is 5.19. The largest absolute Gasteiger partial charge is 0.472 e. The number of nitrogens with two attached hydrogens (primary N) is 1. The van der Waals surface area contributed by atoms with Crippen molar-refractivity contribution in [1.29, 1.82) is 0 Å². The van der Waals surface area contributed by atoms with E-state index in [1.807, 2.05) is 0 Å². The molecule has 0 radical (unpaired) electrons. The molecule has 0 spiro atoms. The van der Waals surface area contributed by atoms with Crippen molar-refractivity contribution in [3.05, 3.63) is 42.5 Å². The first-order chi connectivity index (χ1) is 8.50. The number of hydrogen-bond acceptors (Lipinski definition) is 5. The molecule has 96 valence electrons. The number of nitrogen functional groups attached to an aromatic ring is 1. The summed E-state index contributed by atoms with van der Waals surface area (Å²) in [4.78, 5) is 3.89. The summed E-state index contributed by atoms with van der Waals surface area (Å²) in [6.07, 6.45) is 4.25. The van der Waals surface area contributed by atoms with Crippen molar-refractivity contribution in [2.75, 3.05) is 12.8 Å². The summed E-state index contributed by atoms with van der Waals surface area (Å²) in [7, 11) is -2.06. The molecule has 2 heterocycles. The molecule has 0 saturated carbocycles. The van der Waals surface area contributed by atoms with Gasteiger partial charge in [-0.2, -0.15) is 4.31 Å². The third-order valence-corrected chi connectivity index (χ3v) is 4.24. The van der Waals surface area contributed by atoms with Crippen LogP contribution in [0.3, 0.4) is 0 Å². The molecule has 0 unspecified atom stereocenters. The number of anilines is 1. The van der Waals surface area contributed by atoms with E-state index in [-0.39, 0.29) is 17.3 Å². The zero-order chi connectivity index (χ0) is 13.2. The van der Waals surface area contributed by atoms with Crippen molar-refractivity contribution >= 4 is 15.8 Å². The second-order valence-electron chi connectivity index (χ2n) is 3.81. The molecular formula is C11H13N3O3S. The Kier molecular flexibility index (Phi) is 3.35. The zero-order valence-electron chi connectivity index (χ0n) is 9.78. The van der Waals surface area contributed by atoms with Crippen LogP contribution in [0.25, 0.3) is 0 Å². The summed E-state index contributed by atoms with van der Waals surface area (Å²) in [6.45, 7) is 0.239. The van der Waals surface area contributed by atoms with Gasteiger partial charge < -0.3 is 10.2 Å². The van der Waals surface area contributed by atoms with Crippen LogP contribution in [0.2, 0.25) is 0 Å². The molecule has 7 heteroatoms. The second kappa shape index (κ2) is 4.79. The lowest BCUT2D eigenvalue weighted by Gasteiger charge is -2.15. The van der Waals surface area contributed by atoms with Crippen LogP contribution in [0.5, 0.6) is 0 Å². The summed E-state index contributed by atoms with van der Waals surface area (Å²) in [5.74, 6) is 0.284. The highest BCUT2D eigenvalue weighted by atomic mass is 32.2. The smallest absolute Gasteiger partial charge is 0.244 e. The first kappa shape index (κ1) is 12.6. The quantitative estimate of drug-likeness (QED) is 0.895. The Balaban J connectivity index is 2.22. The van der Waals surface area contributed by atoms with Gasteiger partial charge in [-0.25, -0.2) is 13.4 Å². The fourth-order valence-corrected chi connectivity index (χ4v) is 2.55. The van der Waals surface area contributed by atoms with Crippen molar-refractivity contribution in [1.82, 2.24) is 9.29 Å². The fraction of sp³-hybridized carbons (Fsp3) is 0.182. The third kappa shape index (κ3) is 2.52. The van der Waals surface area contributed by atoms with Crippen LogP contribution >= 0.6 is 0 Å². The van der Waals surface area contributed by atoms with Crippen LogP contribution in [0.4, 0.5) is 5.82 Å². The highest BCUT2D eigenvalue weighted by molar-refractivity contribution is 7.89. The number of hydrogen-bond donors (Lipinski definition) is 1. The van der Waals surface area contributed by atoms with Crippen LogP contribution < -0.4 is 5.73 Å². The van der Waals surface area contributed by atoms with E-state index < -0.39 is 10.0 Å². The predicted molar refractivity (Wildman–Crippen MR) is 66.0 cm³/mol. The Labute approximate surface area is 105 Å². The summed E-state index contributed by atoms with van der Waals surface area (Å²) in [5, 5.41) is 0. The van der Waals surface area contributed by atoms with Crippen LogP contribution in [-0.4, -0.2) is 24.8 Å². The van der Waals surface area contributed by atoms with Crippen molar-refractivity contribution in [2.24, 2.45) is 0 Å². The lowest BCUT2D eigenvalue weighted by molar-refractivity contribution is 0.463. The Morgan fingerprint density at radius 3 is 2.72 bits per heavy atom. The Morgan fingerprint density at radius 2 is 2.17 bits per heavy atom. The minimum absolute atomic E-state index is 0.114. The Bertz CT molecular complexity index is 605. The molecule has 2 rings (SSSR count). The van der Waals surface area contributed by atoms with Gasteiger partial charge in [-0.15, -0.1) is 0 Å². The van der Waals surface area contributed by atoms with Gasteiger partial charge in [0, 0.05) is 25.4 Å². The summed E-state index contributed by atoms with van der Waals surface area (Å²) in [6, 6.07) is 4.61. The van der Waals surface area contributed by atoms with E-state index in [9.17, 15) is 8.42 Å². The summed E-state index contributed by atoms with van der Waals surface area (Å²) in [5.41, 5.74) is 6.21. The fourth-order valence-electron chi connectivity index (χ4n) is 1.45. The molecule has 6 nitrogen and oxygen atoms in total. The summed E-state index contributed by atoms with van der Waals surface area (Å²) >= 11 is 0. The minimum atomic E-state index is -3.56. The van der Waals surface area contributed by atoms with Crippen molar-refractivity contribution in [3.8, 4) is 0 Å². The topological polar surface area (TPSA) is 89.4 Å². The van der Waals surface area contributed by atoms with Gasteiger partial charge in [0.15, 0.2) is 0 Å². The lowest BCUT2D eigenvalue weighted by Crippen LogP contribution is -2.26. The van der Waals surface area contributed by atoms with Crippen LogP contribution in [0, 0.1) is 0 Å². The van der Waals surface area contributed by atoms with E-state index in [0.717, 1.165) is 5.56 Å². The molecule has 0 amide bonds. The molecule has 0 fully saturated rings. The van der Waals surface area contributed by atoms with Gasteiger partial charge in [0.1, 0.15) is 10.7 Å². The molecule has 0 aliphatic carbocycles. The SMILES string of the molecule is CN(Cc1ccoc1)S(=O)(=O)c1ccc(N)nc1. The lowest BCUT2D eigenvalue weighted by atomic mass is 10.3. The van der Waals surface area contributed by atoms with Crippen molar-refractivity contribution in [3.63, 3.8) is 0 Å². The average Bonchev–Trinajstić information content (AvgIpc) is 2.82. The second-order valence-corrected chi connectivity index (χ2v) is 5.86. The maximum Gasteiger partial charge on any atom is 0.244 e. The van der Waals surface area contributed by atoms with E-state index in [1.165, 1.54) is 42.2 Å². The molecule has 0 bridgehead atoms. The van der Waals surface area contributed by atoms with Gasteiger partial charge in [-0.1, -0.05) is 0 Å². The maximum atomic E-state index is 12.2. The van der Waals surface area contributed by atoms with Gasteiger partial charge >= 0.3 is 0 Å². The highest BCUT2D eigenvalue weighted by Crippen LogP contribution is 2.16. The third-order valence-electron chi connectivity index (χ3n) is 2.45. The van der Waals surface area contributed by atoms with E-state index in [0.29, 0.717) is 0 Å². The van der Waals surface area contributed by atoms with E-state index >= 15 is 0 Å². The van der Waals surface area contributed by atoms with Crippen LogP contribution in [0.1, 0.15) is 5.56 Å². The van der Waals surface area contributed by atoms with Gasteiger partial charge in [0.05, 0.1) is 12.5 Å². The molecule has 0 atom stereocenters. The molecule has 0 aliphatic heterocycles. The molecule has 2 N–H and O–H groups in total. The number of pyridine rings is 1. The monoisotopic (exact) mass is 267 g/mol. The van der Waals surface area contributed by atoms with Crippen LogP contribution in [0.15, 0.2) is 46.2 Å². The van der Waals surface area contributed by atoms with Gasteiger partial charge in [0.2, 0.25) is 10.0 Å². The number of rotatable bonds is 4. The Hall–Kier alpha value is -1.86. The summed E-state index contributed by atoms with van der Waals surface area (Å²) < 4.78 is 30.5. The molecule has 2 aromatic rings. The van der Waals surface area contributed by atoms with E-state index in [1.54, 1.807) is 6.07 Å². The number of aromatic nitrogens is 1. The number of nitrogens with zero attached hydrogens (tertiary/aromatic N) is 2. The molecule has 18 heavy (non-hydrogen) atoms. The number of furan rings is 1. The standard InChI is InChI=1S/C11H13N3O3S/c1-14(7-9-4-5-17-8-9)18(15,16)10-2-3-11(12)13-6-10/h2-6,8H,7H2,1H3,(H2,12,13). The van der Waals surface area contributed by atoms with Crippen molar-refractivity contribution in [2.45, 2.75) is 11.4 Å². The average molecular weight is 267 g/mol. The molecule has 2 aromatic heterocycles. The molecular weight excluding hydrogens is 254 g/mol. The Morgan fingerprint density at radius 1 is 1.39 bits per heavy atom. The molecule has 0 aromatic carbocycles. The van der Waals surface area contributed by atoms with Crippen LogP contribution in [-0.2, 0) is 16.6 Å². The zero-order valence-corrected chi connectivity index (χ0v) is 10.6. The van der Waals surface area contributed by atoms with Gasteiger partial charge in [0.25, 0.3) is 0 Å². The minimum Gasteiger partial charge on any atom is -0.472 e. The normalized spacial score (nSPS) is 11.9.